The smallest absolute Gasteiger partial charge is 0.267 e. The number of ether oxygens (including phenoxy) is 1. The van der Waals surface area contributed by atoms with Crippen LogP contribution in [0, 0.1) is 0 Å². The fourth-order valence-corrected chi connectivity index (χ4v) is 5.03. The van der Waals surface area contributed by atoms with Crippen molar-refractivity contribution >= 4 is 61.3 Å². The number of hydrogen-bond donors (Lipinski definition) is 1. The topological polar surface area (TPSA) is 101 Å². The highest BCUT2D eigenvalue weighted by Gasteiger charge is 2.32. The number of hydrogen-bond acceptors (Lipinski definition) is 7. The summed E-state index contributed by atoms with van der Waals surface area (Å²) in [4.78, 5) is 12.8. The maximum atomic E-state index is 12.8. The molecule has 8 nitrogen and oxygen atoms in total. The predicted molar refractivity (Wildman–Crippen MR) is 122 cm³/mol. The number of halogens is 2. The number of sulfonamides is 1. The first-order valence-electron chi connectivity index (χ1n) is 9.05. The Morgan fingerprint density at radius 3 is 2.58 bits per heavy atom. The van der Waals surface area contributed by atoms with Crippen molar-refractivity contribution < 1.29 is 17.9 Å². The molecule has 0 fully saturated rings. The number of benzene rings is 2. The summed E-state index contributed by atoms with van der Waals surface area (Å²) in [5.74, 6) is -0.193. The lowest BCUT2D eigenvalue weighted by molar-refractivity contribution is -0.122. The number of carbonyl (C=O) groups is 1. The Kier molecular flexibility index (Phi) is 6.07. The molecule has 2 aromatic carbocycles. The molecule has 2 heterocycles. The number of nitrogens with one attached hydrogen (secondary N) is 1. The fraction of sp³-hybridized carbons (Fsp3) is 0.211. The van der Waals surface area contributed by atoms with Crippen LogP contribution in [-0.4, -0.2) is 43.4 Å². The summed E-state index contributed by atoms with van der Waals surface area (Å²) in [6, 6.07) is 11.7. The van der Waals surface area contributed by atoms with Gasteiger partial charge in [0.25, 0.3) is 5.91 Å². The van der Waals surface area contributed by atoms with Crippen molar-refractivity contribution in [2.24, 2.45) is 0 Å². The van der Waals surface area contributed by atoms with Gasteiger partial charge in [-0.2, -0.15) is 0 Å². The Labute approximate surface area is 192 Å². The molecule has 1 aromatic heterocycles. The van der Waals surface area contributed by atoms with Gasteiger partial charge in [0.15, 0.2) is 6.10 Å². The van der Waals surface area contributed by atoms with Crippen molar-refractivity contribution in [1.82, 2.24) is 10.2 Å². The Hall–Kier alpha value is -2.40. The number of carbonyl (C=O) groups excluding carboxylic acids is 1. The molecule has 1 aliphatic rings. The third-order valence-electron chi connectivity index (χ3n) is 4.49. The van der Waals surface area contributed by atoms with E-state index in [2.05, 4.69) is 15.5 Å². The van der Waals surface area contributed by atoms with Gasteiger partial charge in [0, 0.05) is 28.6 Å². The number of anilines is 2. The van der Waals surface area contributed by atoms with Gasteiger partial charge in [-0.15, -0.1) is 10.2 Å². The summed E-state index contributed by atoms with van der Waals surface area (Å²) >= 11 is 13.1. The molecule has 1 amide bonds. The van der Waals surface area contributed by atoms with E-state index in [0.717, 1.165) is 11.8 Å². The van der Waals surface area contributed by atoms with Crippen LogP contribution in [0.3, 0.4) is 0 Å². The van der Waals surface area contributed by atoms with Gasteiger partial charge in [-0.3, -0.25) is 14.4 Å². The molecule has 0 aliphatic carbocycles. The fourth-order valence-electron chi connectivity index (χ4n) is 3.05. The van der Waals surface area contributed by atoms with E-state index >= 15 is 0 Å². The maximum Gasteiger partial charge on any atom is 0.267 e. The molecule has 0 radical (unpaired) electrons. The van der Waals surface area contributed by atoms with E-state index in [4.69, 9.17) is 27.9 Å². The van der Waals surface area contributed by atoms with Gasteiger partial charge >= 0.3 is 0 Å². The van der Waals surface area contributed by atoms with Crippen LogP contribution in [0.1, 0.15) is 6.42 Å². The second-order valence-electron chi connectivity index (χ2n) is 6.75. The predicted octanol–water partition coefficient (Wildman–Crippen LogP) is 4.07. The molecule has 162 valence electrons. The van der Waals surface area contributed by atoms with Crippen molar-refractivity contribution in [2.45, 2.75) is 12.5 Å². The number of fused-ring (bicyclic) bond motifs is 1. The summed E-state index contributed by atoms with van der Waals surface area (Å²) in [6.45, 7) is 0.0659. The zero-order valence-electron chi connectivity index (χ0n) is 16.1. The zero-order valence-corrected chi connectivity index (χ0v) is 19.2. The lowest BCUT2D eigenvalue weighted by Gasteiger charge is -2.21. The zero-order chi connectivity index (χ0) is 22.2. The molecule has 0 saturated heterocycles. The van der Waals surface area contributed by atoms with Crippen LogP contribution in [0.2, 0.25) is 10.0 Å². The molecular formula is C19H16Cl2N4O4S2. The van der Waals surface area contributed by atoms with Gasteiger partial charge in [-0.1, -0.05) is 46.7 Å². The number of amides is 1. The minimum atomic E-state index is -3.58. The van der Waals surface area contributed by atoms with E-state index in [1.54, 1.807) is 24.3 Å². The first kappa shape index (κ1) is 21.8. The highest BCUT2D eigenvalue weighted by molar-refractivity contribution is 7.92. The molecule has 0 unspecified atom stereocenters. The Bertz CT molecular complexity index is 1230. The molecule has 1 atom stereocenters. The molecule has 31 heavy (non-hydrogen) atoms. The van der Waals surface area contributed by atoms with Gasteiger partial charge in [0.2, 0.25) is 15.2 Å². The number of nitrogens with zero attached hydrogens (tertiary/aromatic N) is 3. The van der Waals surface area contributed by atoms with E-state index in [1.807, 2.05) is 12.1 Å². The van der Waals surface area contributed by atoms with E-state index in [-0.39, 0.29) is 18.7 Å². The quantitative estimate of drug-likeness (QED) is 0.581. The van der Waals surface area contributed by atoms with Gasteiger partial charge in [0.05, 0.1) is 11.9 Å². The monoisotopic (exact) mass is 498 g/mol. The molecule has 3 aromatic rings. The van der Waals surface area contributed by atoms with Gasteiger partial charge < -0.3 is 4.74 Å². The summed E-state index contributed by atoms with van der Waals surface area (Å²) < 4.78 is 31.5. The molecule has 4 rings (SSSR count). The average molecular weight is 499 g/mol. The van der Waals surface area contributed by atoms with Crippen LogP contribution in [0.5, 0.6) is 5.75 Å². The first-order valence-corrected chi connectivity index (χ1v) is 12.5. The highest BCUT2D eigenvalue weighted by atomic mass is 35.5. The largest absolute Gasteiger partial charge is 0.478 e. The van der Waals surface area contributed by atoms with Crippen LogP contribution in [0.25, 0.3) is 10.6 Å². The van der Waals surface area contributed by atoms with Crippen molar-refractivity contribution in [1.29, 1.82) is 0 Å². The van der Waals surface area contributed by atoms with Crippen molar-refractivity contribution in [2.75, 3.05) is 22.4 Å². The van der Waals surface area contributed by atoms with Gasteiger partial charge in [-0.25, -0.2) is 8.42 Å². The Morgan fingerprint density at radius 1 is 1.16 bits per heavy atom. The van der Waals surface area contributed by atoms with E-state index in [1.165, 1.54) is 21.7 Å². The average Bonchev–Trinajstić information content (AvgIpc) is 3.07. The standard InChI is InChI=1S/C19H16Cl2N4O4S2/c1-31(27,28)25-9-8-16(29-15-7-6-13(21)10-14(15)25)17(26)22-19-24-23-18(30-19)11-2-4-12(20)5-3-11/h2-7,10,16H,8-9H2,1H3,(H,22,24,26)/t16-/m1/s1. The van der Waals surface area contributed by atoms with Crippen LogP contribution in [0.4, 0.5) is 10.8 Å². The SMILES string of the molecule is CS(=O)(=O)N1CC[C@H](C(=O)Nc2nnc(-c3ccc(Cl)cc3)s2)Oc2ccc(Cl)cc21. The van der Waals surface area contributed by atoms with E-state index in [9.17, 15) is 13.2 Å². The van der Waals surface area contributed by atoms with Gasteiger partial charge in [-0.05, 0) is 30.3 Å². The van der Waals surface area contributed by atoms with Crippen molar-refractivity contribution in [3.8, 4) is 16.3 Å². The summed E-state index contributed by atoms with van der Waals surface area (Å²) in [7, 11) is -3.58. The Morgan fingerprint density at radius 2 is 1.87 bits per heavy atom. The van der Waals surface area contributed by atoms with Crippen LogP contribution < -0.4 is 14.4 Å². The second kappa shape index (κ2) is 8.62. The molecule has 0 bridgehead atoms. The van der Waals surface area contributed by atoms with Crippen LogP contribution in [-0.2, 0) is 14.8 Å². The molecule has 0 saturated carbocycles. The molecule has 12 heteroatoms. The van der Waals surface area contributed by atoms with E-state index < -0.39 is 22.0 Å². The van der Waals surface area contributed by atoms with Crippen molar-refractivity contribution in [3.63, 3.8) is 0 Å². The lowest BCUT2D eigenvalue weighted by atomic mass is 10.2. The molecule has 1 aliphatic heterocycles. The minimum Gasteiger partial charge on any atom is -0.478 e. The summed E-state index contributed by atoms with van der Waals surface area (Å²) in [6.07, 6.45) is 0.320. The summed E-state index contributed by atoms with van der Waals surface area (Å²) in [5.41, 5.74) is 1.12. The molecule has 0 spiro atoms. The number of rotatable bonds is 4. The first-order chi connectivity index (χ1) is 14.7. The summed E-state index contributed by atoms with van der Waals surface area (Å²) in [5, 5.41) is 12.7. The highest BCUT2D eigenvalue weighted by Crippen LogP contribution is 2.36. The van der Waals surface area contributed by atoms with Gasteiger partial charge in [0.1, 0.15) is 10.8 Å². The second-order valence-corrected chi connectivity index (χ2v) is 10.5. The van der Waals surface area contributed by atoms with E-state index in [0.29, 0.717) is 25.9 Å². The third kappa shape index (κ3) is 4.93. The van der Waals surface area contributed by atoms with Crippen molar-refractivity contribution in [3.05, 3.63) is 52.5 Å². The number of aromatic nitrogens is 2. The van der Waals surface area contributed by atoms with Crippen LogP contribution in [0.15, 0.2) is 42.5 Å². The molecular weight excluding hydrogens is 483 g/mol. The Balaban J connectivity index is 1.53. The lowest BCUT2D eigenvalue weighted by Crippen LogP contribution is -2.35. The van der Waals surface area contributed by atoms with Crippen LogP contribution >= 0.6 is 34.5 Å². The third-order valence-corrected chi connectivity index (χ3v) is 7.05. The maximum absolute atomic E-state index is 12.8. The molecule has 1 N–H and O–H groups in total. The minimum absolute atomic E-state index is 0.0659. The normalized spacial score (nSPS) is 16.2.